The molecule has 2 N–H and O–H groups in total. The number of aromatic nitrogens is 2. The van der Waals surface area contributed by atoms with Crippen LogP contribution in [-0.2, 0) is 4.74 Å². The van der Waals surface area contributed by atoms with Crippen LogP contribution in [0.25, 0.3) is 11.5 Å². The summed E-state index contributed by atoms with van der Waals surface area (Å²) in [5, 5.41) is 4.46. The van der Waals surface area contributed by atoms with Crippen LogP contribution in [0.15, 0.2) is 28.8 Å². The summed E-state index contributed by atoms with van der Waals surface area (Å²) < 4.78 is 10.4. The molecule has 0 aliphatic heterocycles. The van der Waals surface area contributed by atoms with Crippen LogP contribution in [0, 0.1) is 0 Å². The van der Waals surface area contributed by atoms with E-state index in [0.29, 0.717) is 30.0 Å². The summed E-state index contributed by atoms with van der Waals surface area (Å²) >= 11 is 5.90. The summed E-state index contributed by atoms with van der Waals surface area (Å²) in [4.78, 5) is 4.23. The zero-order chi connectivity index (χ0) is 13.0. The Kier molecular flexibility index (Phi) is 4.30. The third kappa shape index (κ3) is 3.07. The van der Waals surface area contributed by atoms with Crippen LogP contribution in [0.1, 0.15) is 18.8 Å². The van der Waals surface area contributed by atoms with E-state index < -0.39 is 0 Å². The molecule has 1 aromatic carbocycles. The number of hydrogen-bond donors (Lipinski definition) is 1. The predicted octanol–water partition coefficient (Wildman–Crippen LogP) is 2.43. The van der Waals surface area contributed by atoms with E-state index in [-0.39, 0.29) is 6.04 Å². The van der Waals surface area contributed by atoms with E-state index in [4.69, 9.17) is 26.6 Å². The van der Waals surface area contributed by atoms with Gasteiger partial charge in [-0.25, -0.2) is 0 Å². The number of rotatable bonds is 5. The molecular weight excluding hydrogens is 254 g/mol. The molecule has 0 bridgehead atoms. The van der Waals surface area contributed by atoms with E-state index >= 15 is 0 Å². The molecule has 0 saturated carbocycles. The summed E-state index contributed by atoms with van der Waals surface area (Å²) in [7, 11) is 0. The first-order valence-electron chi connectivity index (χ1n) is 5.63. The largest absolute Gasteiger partial charge is 0.380 e. The molecule has 96 valence electrons. The Morgan fingerprint density at radius 2 is 2.33 bits per heavy atom. The first-order valence-corrected chi connectivity index (χ1v) is 6.01. The number of nitrogens with zero attached hydrogens (tertiary/aromatic N) is 2. The Morgan fingerprint density at radius 3 is 3.06 bits per heavy atom. The van der Waals surface area contributed by atoms with E-state index in [1.807, 2.05) is 19.1 Å². The molecule has 0 saturated heterocycles. The highest BCUT2D eigenvalue weighted by Crippen LogP contribution is 2.21. The molecule has 0 aliphatic carbocycles. The highest BCUT2D eigenvalue weighted by molar-refractivity contribution is 6.30. The highest BCUT2D eigenvalue weighted by Gasteiger charge is 2.15. The van der Waals surface area contributed by atoms with Crippen LogP contribution < -0.4 is 5.73 Å². The zero-order valence-corrected chi connectivity index (χ0v) is 10.7. The first kappa shape index (κ1) is 13.0. The van der Waals surface area contributed by atoms with Crippen LogP contribution in [0.4, 0.5) is 0 Å². The van der Waals surface area contributed by atoms with E-state index in [2.05, 4.69) is 10.1 Å². The first-order chi connectivity index (χ1) is 8.70. The van der Waals surface area contributed by atoms with Gasteiger partial charge in [0, 0.05) is 17.2 Å². The molecule has 0 aliphatic rings. The fourth-order valence-corrected chi connectivity index (χ4v) is 1.63. The zero-order valence-electron chi connectivity index (χ0n) is 9.97. The van der Waals surface area contributed by atoms with Gasteiger partial charge in [-0.2, -0.15) is 4.98 Å². The number of nitrogens with two attached hydrogens (primary N) is 1. The molecule has 0 radical (unpaired) electrons. The minimum Gasteiger partial charge on any atom is -0.380 e. The molecule has 1 aromatic heterocycles. The quantitative estimate of drug-likeness (QED) is 0.900. The molecule has 0 amide bonds. The summed E-state index contributed by atoms with van der Waals surface area (Å²) in [6.07, 6.45) is 0. The Balaban J connectivity index is 2.15. The number of benzene rings is 1. The Morgan fingerprint density at radius 1 is 1.50 bits per heavy atom. The maximum Gasteiger partial charge on any atom is 0.258 e. The van der Waals surface area contributed by atoms with Gasteiger partial charge < -0.3 is 15.0 Å². The van der Waals surface area contributed by atoms with Crippen LogP contribution >= 0.6 is 11.6 Å². The van der Waals surface area contributed by atoms with Gasteiger partial charge in [0.1, 0.15) is 0 Å². The lowest BCUT2D eigenvalue weighted by Gasteiger charge is -2.05. The highest BCUT2D eigenvalue weighted by atomic mass is 35.5. The lowest BCUT2D eigenvalue weighted by atomic mass is 10.2. The average Bonchev–Trinajstić information content (AvgIpc) is 2.85. The molecule has 6 heteroatoms. The van der Waals surface area contributed by atoms with Crippen molar-refractivity contribution in [3.05, 3.63) is 35.1 Å². The second kappa shape index (κ2) is 5.95. The average molecular weight is 268 g/mol. The van der Waals surface area contributed by atoms with E-state index in [1.165, 1.54) is 0 Å². The van der Waals surface area contributed by atoms with E-state index in [0.717, 1.165) is 5.56 Å². The Labute approximate surface area is 110 Å². The number of halogens is 1. The van der Waals surface area contributed by atoms with Crippen molar-refractivity contribution < 1.29 is 9.26 Å². The third-order valence-electron chi connectivity index (χ3n) is 2.35. The van der Waals surface area contributed by atoms with Gasteiger partial charge in [0.05, 0.1) is 12.6 Å². The van der Waals surface area contributed by atoms with Gasteiger partial charge in [-0.3, -0.25) is 0 Å². The van der Waals surface area contributed by atoms with Gasteiger partial charge >= 0.3 is 0 Å². The fourth-order valence-electron chi connectivity index (χ4n) is 1.44. The van der Waals surface area contributed by atoms with Gasteiger partial charge in [0.25, 0.3) is 5.89 Å². The van der Waals surface area contributed by atoms with Crippen molar-refractivity contribution in [3.63, 3.8) is 0 Å². The molecule has 0 spiro atoms. The molecule has 1 heterocycles. The maximum absolute atomic E-state index is 5.90. The molecule has 5 nitrogen and oxygen atoms in total. The van der Waals surface area contributed by atoms with Crippen molar-refractivity contribution in [1.82, 2.24) is 10.1 Å². The van der Waals surface area contributed by atoms with Gasteiger partial charge in [-0.05, 0) is 25.1 Å². The smallest absolute Gasteiger partial charge is 0.258 e. The topological polar surface area (TPSA) is 74.2 Å². The van der Waals surface area contributed by atoms with Crippen LogP contribution in [0.3, 0.4) is 0 Å². The van der Waals surface area contributed by atoms with Crippen molar-refractivity contribution in [3.8, 4) is 11.5 Å². The van der Waals surface area contributed by atoms with Gasteiger partial charge in [0.2, 0.25) is 0 Å². The SMILES string of the molecule is CCOCC(N)c1noc(-c2cccc(Cl)c2)n1. The lowest BCUT2D eigenvalue weighted by Crippen LogP contribution is -2.18. The van der Waals surface area contributed by atoms with Crippen LogP contribution in [0.2, 0.25) is 5.02 Å². The molecular formula is C12H14ClN3O2. The fraction of sp³-hybridized carbons (Fsp3) is 0.333. The number of ether oxygens (including phenoxy) is 1. The molecule has 0 fully saturated rings. The molecule has 1 atom stereocenters. The maximum atomic E-state index is 5.90. The second-order valence-corrected chi connectivity index (χ2v) is 4.17. The Hall–Kier alpha value is -1.43. The predicted molar refractivity (Wildman–Crippen MR) is 68.2 cm³/mol. The third-order valence-corrected chi connectivity index (χ3v) is 2.58. The summed E-state index contributed by atoms with van der Waals surface area (Å²) in [5.74, 6) is 0.831. The standard InChI is InChI=1S/C12H14ClN3O2/c1-2-17-7-10(14)11-15-12(18-16-11)8-4-3-5-9(13)6-8/h3-6,10H,2,7,14H2,1H3. The van der Waals surface area contributed by atoms with E-state index in [9.17, 15) is 0 Å². The van der Waals surface area contributed by atoms with Gasteiger partial charge in [-0.15, -0.1) is 0 Å². The van der Waals surface area contributed by atoms with Gasteiger partial charge in [0.15, 0.2) is 5.82 Å². The van der Waals surface area contributed by atoms with Crippen molar-refractivity contribution in [2.75, 3.05) is 13.2 Å². The van der Waals surface area contributed by atoms with Crippen molar-refractivity contribution in [2.24, 2.45) is 5.73 Å². The monoisotopic (exact) mass is 267 g/mol. The van der Waals surface area contributed by atoms with Crippen molar-refractivity contribution >= 4 is 11.6 Å². The second-order valence-electron chi connectivity index (χ2n) is 3.73. The lowest BCUT2D eigenvalue weighted by molar-refractivity contribution is 0.130. The normalized spacial score (nSPS) is 12.6. The molecule has 2 rings (SSSR count). The summed E-state index contributed by atoms with van der Waals surface area (Å²) in [5.41, 5.74) is 6.63. The van der Waals surface area contributed by atoms with E-state index in [1.54, 1.807) is 12.1 Å². The minimum absolute atomic E-state index is 0.366. The molecule has 18 heavy (non-hydrogen) atoms. The molecule has 2 aromatic rings. The summed E-state index contributed by atoms with van der Waals surface area (Å²) in [6, 6.07) is 6.82. The number of hydrogen-bond acceptors (Lipinski definition) is 5. The van der Waals surface area contributed by atoms with Crippen molar-refractivity contribution in [1.29, 1.82) is 0 Å². The van der Waals surface area contributed by atoms with Crippen LogP contribution in [-0.4, -0.2) is 23.4 Å². The van der Waals surface area contributed by atoms with Crippen molar-refractivity contribution in [2.45, 2.75) is 13.0 Å². The minimum atomic E-state index is -0.387. The van der Waals surface area contributed by atoms with Gasteiger partial charge in [-0.1, -0.05) is 22.8 Å². The van der Waals surface area contributed by atoms with Crippen LogP contribution in [0.5, 0.6) is 0 Å². The molecule has 1 unspecified atom stereocenters. The Bertz CT molecular complexity index is 516. The summed E-state index contributed by atoms with van der Waals surface area (Å²) in [6.45, 7) is 2.87.